The third-order valence-corrected chi connectivity index (χ3v) is 5.37. The van der Waals surface area contributed by atoms with Crippen molar-refractivity contribution in [1.82, 2.24) is 15.1 Å². The number of piperazine rings is 1. The highest BCUT2D eigenvalue weighted by atomic mass is 35.5. The first kappa shape index (κ1) is 19.6. The number of halogens is 3. The number of hydrogen-bond acceptors (Lipinski definition) is 4. The van der Waals surface area contributed by atoms with E-state index in [1.807, 2.05) is 18.2 Å². The molecule has 0 unspecified atom stereocenters. The normalized spacial score (nSPS) is 14.2. The molecule has 148 valence electrons. The van der Waals surface area contributed by atoms with Crippen molar-refractivity contribution in [2.24, 2.45) is 0 Å². The lowest BCUT2D eigenvalue weighted by atomic mass is 10.1. The van der Waals surface area contributed by atoms with Crippen LogP contribution in [-0.2, 0) is 0 Å². The molecule has 0 aliphatic carbocycles. The van der Waals surface area contributed by atoms with Gasteiger partial charge in [0.15, 0.2) is 5.82 Å². The first-order valence-electron chi connectivity index (χ1n) is 9.10. The van der Waals surface area contributed by atoms with Gasteiger partial charge in [0.2, 0.25) is 0 Å². The monoisotopic (exact) mass is 430 g/mol. The molecule has 0 radical (unpaired) electrons. The molecular weight excluding hydrogens is 414 g/mol. The van der Waals surface area contributed by atoms with E-state index in [0.717, 1.165) is 11.4 Å². The van der Waals surface area contributed by atoms with Crippen molar-refractivity contribution >= 4 is 34.9 Å². The molecule has 1 saturated heterocycles. The maximum absolute atomic E-state index is 13.4. The van der Waals surface area contributed by atoms with E-state index in [0.29, 0.717) is 47.5 Å². The Morgan fingerprint density at radius 3 is 2.38 bits per heavy atom. The molecule has 0 bridgehead atoms. The molecule has 0 atom stereocenters. The van der Waals surface area contributed by atoms with E-state index in [2.05, 4.69) is 15.1 Å². The number of benzene rings is 2. The predicted molar refractivity (Wildman–Crippen MR) is 112 cm³/mol. The van der Waals surface area contributed by atoms with Crippen LogP contribution in [0, 0.1) is 5.82 Å². The van der Waals surface area contributed by atoms with Crippen molar-refractivity contribution in [3.63, 3.8) is 0 Å². The summed E-state index contributed by atoms with van der Waals surface area (Å²) >= 11 is 12.2. The lowest BCUT2D eigenvalue weighted by Crippen LogP contribution is -2.49. The predicted octanol–water partition coefficient (Wildman–Crippen LogP) is 4.55. The fraction of sp³-hybridized carbons (Fsp3) is 0.190. The van der Waals surface area contributed by atoms with Crippen LogP contribution in [0.3, 0.4) is 0 Å². The van der Waals surface area contributed by atoms with Gasteiger partial charge in [0.1, 0.15) is 5.82 Å². The van der Waals surface area contributed by atoms with Gasteiger partial charge in [-0.05, 0) is 48.5 Å². The summed E-state index contributed by atoms with van der Waals surface area (Å²) in [5.41, 5.74) is 1.79. The van der Waals surface area contributed by atoms with Crippen LogP contribution in [-0.4, -0.2) is 47.2 Å². The highest BCUT2D eigenvalue weighted by Crippen LogP contribution is 2.29. The second-order valence-corrected chi connectivity index (χ2v) is 7.53. The first-order valence-corrected chi connectivity index (χ1v) is 9.86. The molecule has 1 amide bonds. The summed E-state index contributed by atoms with van der Waals surface area (Å²) in [6.45, 7) is 2.30. The van der Waals surface area contributed by atoms with E-state index < -0.39 is 5.82 Å². The van der Waals surface area contributed by atoms with E-state index in [1.54, 1.807) is 29.2 Å². The summed E-state index contributed by atoms with van der Waals surface area (Å²) in [6, 6.07) is 14.8. The molecule has 1 aliphatic heterocycles. The molecule has 0 N–H and O–H groups in total. The highest BCUT2D eigenvalue weighted by molar-refractivity contribution is 6.36. The molecule has 1 aromatic heterocycles. The van der Waals surface area contributed by atoms with Crippen LogP contribution in [0.1, 0.15) is 10.4 Å². The van der Waals surface area contributed by atoms with E-state index in [-0.39, 0.29) is 5.91 Å². The van der Waals surface area contributed by atoms with Crippen molar-refractivity contribution in [2.75, 3.05) is 31.1 Å². The average Bonchev–Trinajstić information content (AvgIpc) is 2.74. The Morgan fingerprint density at radius 2 is 1.72 bits per heavy atom. The number of anilines is 1. The number of rotatable bonds is 3. The van der Waals surface area contributed by atoms with Gasteiger partial charge in [-0.3, -0.25) is 4.79 Å². The number of amides is 1. The van der Waals surface area contributed by atoms with Gasteiger partial charge < -0.3 is 9.80 Å². The summed E-state index contributed by atoms with van der Waals surface area (Å²) < 4.78 is 13.4. The quantitative estimate of drug-likeness (QED) is 0.611. The van der Waals surface area contributed by atoms with Gasteiger partial charge in [-0.25, -0.2) is 4.39 Å². The zero-order valence-corrected chi connectivity index (χ0v) is 16.9. The van der Waals surface area contributed by atoms with Crippen molar-refractivity contribution in [1.29, 1.82) is 0 Å². The minimum atomic E-state index is -0.411. The maximum atomic E-state index is 13.4. The Hall–Kier alpha value is -2.70. The Kier molecular flexibility index (Phi) is 5.65. The molecule has 1 aliphatic rings. The topological polar surface area (TPSA) is 49.3 Å². The van der Waals surface area contributed by atoms with Crippen LogP contribution >= 0.6 is 23.2 Å². The third kappa shape index (κ3) is 4.33. The average molecular weight is 431 g/mol. The molecule has 29 heavy (non-hydrogen) atoms. The summed E-state index contributed by atoms with van der Waals surface area (Å²) in [5, 5.41) is 9.68. The SMILES string of the molecule is O=C(c1cccc(F)c1)N1CCN(c2ccc(-c3ccc(Cl)cc3Cl)nn2)CC1. The zero-order valence-electron chi connectivity index (χ0n) is 15.4. The second kappa shape index (κ2) is 8.35. The number of aromatic nitrogens is 2. The van der Waals surface area contributed by atoms with Gasteiger partial charge in [-0.15, -0.1) is 10.2 Å². The lowest BCUT2D eigenvalue weighted by Gasteiger charge is -2.35. The molecule has 1 fully saturated rings. The molecule has 0 spiro atoms. The van der Waals surface area contributed by atoms with Gasteiger partial charge in [-0.2, -0.15) is 0 Å². The van der Waals surface area contributed by atoms with Gasteiger partial charge in [0.25, 0.3) is 5.91 Å². The molecule has 4 rings (SSSR count). The van der Waals surface area contributed by atoms with Crippen LogP contribution in [0.15, 0.2) is 54.6 Å². The van der Waals surface area contributed by atoms with Gasteiger partial charge in [0, 0.05) is 42.3 Å². The Morgan fingerprint density at radius 1 is 0.931 bits per heavy atom. The highest BCUT2D eigenvalue weighted by Gasteiger charge is 2.23. The van der Waals surface area contributed by atoms with E-state index in [4.69, 9.17) is 23.2 Å². The maximum Gasteiger partial charge on any atom is 0.254 e. The van der Waals surface area contributed by atoms with Crippen molar-refractivity contribution in [2.45, 2.75) is 0 Å². The molecule has 2 heterocycles. The second-order valence-electron chi connectivity index (χ2n) is 6.69. The zero-order chi connectivity index (χ0) is 20.4. The fourth-order valence-corrected chi connectivity index (χ4v) is 3.78. The van der Waals surface area contributed by atoms with Crippen molar-refractivity contribution in [3.05, 3.63) is 76.0 Å². The van der Waals surface area contributed by atoms with Crippen LogP contribution in [0.4, 0.5) is 10.2 Å². The number of carbonyl (C=O) groups excluding carboxylic acids is 1. The van der Waals surface area contributed by atoms with Crippen LogP contribution in [0.5, 0.6) is 0 Å². The minimum Gasteiger partial charge on any atom is -0.352 e. The van der Waals surface area contributed by atoms with Crippen LogP contribution < -0.4 is 4.90 Å². The summed E-state index contributed by atoms with van der Waals surface area (Å²) in [5.74, 6) is 0.158. The van der Waals surface area contributed by atoms with Gasteiger partial charge >= 0.3 is 0 Å². The number of hydrogen-bond donors (Lipinski definition) is 0. The third-order valence-electron chi connectivity index (χ3n) is 4.82. The standard InChI is InChI=1S/C21H17Cl2FN4O/c22-15-4-5-17(18(23)13-15)19-6-7-20(26-25-19)27-8-10-28(11-9-27)21(29)14-2-1-3-16(24)12-14/h1-7,12-13H,8-11H2. The van der Waals surface area contributed by atoms with Crippen molar-refractivity contribution < 1.29 is 9.18 Å². The summed E-state index contributed by atoms with van der Waals surface area (Å²) in [7, 11) is 0. The molecule has 2 aromatic carbocycles. The molecular formula is C21H17Cl2FN4O. The molecule has 8 heteroatoms. The first-order chi connectivity index (χ1) is 14.0. The number of carbonyl (C=O) groups is 1. The van der Waals surface area contributed by atoms with Crippen molar-refractivity contribution in [3.8, 4) is 11.3 Å². The summed E-state index contributed by atoms with van der Waals surface area (Å²) in [4.78, 5) is 16.3. The van der Waals surface area contributed by atoms with Gasteiger partial charge in [0.05, 0.1) is 10.7 Å². The van der Waals surface area contributed by atoms with E-state index in [9.17, 15) is 9.18 Å². The van der Waals surface area contributed by atoms with E-state index in [1.165, 1.54) is 12.1 Å². The molecule has 3 aromatic rings. The van der Waals surface area contributed by atoms with Crippen LogP contribution in [0.25, 0.3) is 11.3 Å². The Labute approximate surface area is 177 Å². The Balaban J connectivity index is 1.41. The molecule has 0 saturated carbocycles. The molecule has 5 nitrogen and oxygen atoms in total. The largest absolute Gasteiger partial charge is 0.352 e. The minimum absolute atomic E-state index is 0.164. The fourth-order valence-electron chi connectivity index (χ4n) is 3.28. The van der Waals surface area contributed by atoms with Gasteiger partial charge in [-0.1, -0.05) is 29.3 Å². The lowest BCUT2D eigenvalue weighted by molar-refractivity contribution is 0.0746. The Bertz CT molecular complexity index is 1040. The van der Waals surface area contributed by atoms with Crippen LogP contribution in [0.2, 0.25) is 10.0 Å². The number of nitrogens with zero attached hydrogens (tertiary/aromatic N) is 4. The smallest absolute Gasteiger partial charge is 0.254 e. The van der Waals surface area contributed by atoms with E-state index >= 15 is 0 Å². The summed E-state index contributed by atoms with van der Waals surface area (Å²) in [6.07, 6.45) is 0.